The molecule has 23 heavy (non-hydrogen) atoms. The third-order valence-electron chi connectivity index (χ3n) is 4.23. The molecule has 0 spiro atoms. The maximum Gasteiger partial charge on any atom is 0.233 e. The molecule has 1 atom stereocenters. The van der Waals surface area contributed by atoms with Gasteiger partial charge in [-0.3, -0.25) is 9.59 Å². The second kappa shape index (κ2) is 5.78. The van der Waals surface area contributed by atoms with Crippen molar-refractivity contribution in [2.24, 2.45) is 10.8 Å². The molecule has 1 aliphatic heterocycles. The quantitative estimate of drug-likeness (QED) is 0.813. The summed E-state index contributed by atoms with van der Waals surface area (Å²) >= 11 is 1.50. The Balaban J connectivity index is 2.46. The Morgan fingerprint density at radius 1 is 1.13 bits per heavy atom. The number of ketones is 1. The van der Waals surface area contributed by atoms with Crippen LogP contribution >= 0.6 is 11.8 Å². The van der Waals surface area contributed by atoms with Gasteiger partial charge in [0.2, 0.25) is 5.91 Å². The van der Waals surface area contributed by atoms with Crippen LogP contribution in [0.4, 0.5) is 0 Å². The summed E-state index contributed by atoms with van der Waals surface area (Å²) in [5.74, 6) is 0.527. The van der Waals surface area contributed by atoms with Gasteiger partial charge < -0.3 is 10.4 Å². The van der Waals surface area contributed by atoms with Crippen LogP contribution in [-0.4, -0.2) is 33.5 Å². The van der Waals surface area contributed by atoms with Gasteiger partial charge in [-0.25, -0.2) is 0 Å². The van der Waals surface area contributed by atoms with Crippen LogP contribution in [0.1, 0.15) is 48.0 Å². The zero-order valence-corrected chi connectivity index (χ0v) is 15.6. The van der Waals surface area contributed by atoms with E-state index in [-0.39, 0.29) is 34.2 Å². The number of carbonyl (C=O) groups is 2. The maximum absolute atomic E-state index is 12.9. The van der Waals surface area contributed by atoms with Crippen molar-refractivity contribution < 1.29 is 14.7 Å². The Labute approximate surface area is 142 Å². The number of nitrogens with one attached hydrogen (secondary N) is 1. The lowest BCUT2D eigenvalue weighted by molar-refractivity contribution is -0.120. The van der Waals surface area contributed by atoms with Crippen molar-refractivity contribution in [1.82, 2.24) is 5.32 Å². The summed E-state index contributed by atoms with van der Waals surface area (Å²) in [5, 5.41) is 13.6. The van der Waals surface area contributed by atoms with Crippen LogP contribution in [-0.2, 0) is 9.59 Å². The standard InChI is InChI=1S/C18H27NO3S/c1-16(2,3)11-7-18(22,9-13-15(21)19-10-23-13)8-12(14(11)20)17(4,5)6/h7-8,13,22H,9-10H2,1-6H3,(H,19,21). The SMILES string of the molecule is CC(C)(C)C1=CC(O)(CC2SCNC2=O)C=C(C(C)(C)C)C1=O. The number of hydrogen-bond donors (Lipinski definition) is 2. The zero-order chi connectivity index (χ0) is 17.6. The number of thioether (sulfide) groups is 1. The van der Waals surface area contributed by atoms with Crippen molar-refractivity contribution in [2.45, 2.75) is 58.8 Å². The number of hydrogen-bond acceptors (Lipinski definition) is 4. The second-order valence-corrected chi connectivity index (χ2v) is 9.67. The predicted molar refractivity (Wildman–Crippen MR) is 94.0 cm³/mol. The molecule has 0 bridgehead atoms. The second-order valence-electron chi connectivity index (χ2n) is 8.48. The molecule has 0 aromatic carbocycles. The third kappa shape index (κ3) is 3.89. The van der Waals surface area contributed by atoms with Crippen LogP contribution < -0.4 is 5.32 Å². The fourth-order valence-electron chi connectivity index (χ4n) is 2.90. The van der Waals surface area contributed by atoms with Gasteiger partial charge in [-0.1, -0.05) is 41.5 Å². The lowest BCUT2D eigenvalue weighted by Crippen LogP contribution is -2.40. The topological polar surface area (TPSA) is 66.4 Å². The van der Waals surface area contributed by atoms with Crippen molar-refractivity contribution in [3.8, 4) is 0 Å². The van der Waals surface area contributed by atoms with Gasteiger partial charge in [-0.05, 0) is 23.0 Å². The minimum atomic E-state index is -1.27. The Kier molecular flexibility index (Phi) is 4.59. The highest BCUT2D eigenvalue weighted by Gasteiger charge is 2.42. The van der Waals surface area contributed by atoms with E-state index in [1.165, 1.54) is 11.8 Å². The molecule has 0 aromatic heterocycles. The molecular formula is C18H27NO3S. The highest BCUT2D eigenvalue weighted by atomic mass is 32.2. The first-order valence-electron chi connectivity index (χ1n) is 7.96. The summed E-state index contributed by atoms with van der Waals surface area (Å²) in [6, 6.07) is 0. The molecule has 0 aromatic rings. The summed E-state index contributed by atoms with van der Waals surface area (Å²) in [7, 11) is 0. The van der Waals surface area contributed by atoms with E-state index in [0.717, 1.165) is 0 Å². The normalized spacial score (nSPS) is 25.1. The number of allylic oxidation sites excluding steroid dienone is 2. The zero-order valence-electron chi connectivity index (χ0n) is 14.8. The minimum Gasteiger partial charge on any atom is -0.382 e. The van der Waals surface area contributed by atoms with E-state index in [1.807, 2.05) is 41.5 Å². The van der Waals surface area contributed by atoms with E-state index in [4.69, 9.17) is 0 Å². The molecule has 1 fully saturated rings. The molecule has 128 valence electrons. The van der Waals surface area contributed by atoms with E-state index in [9.17, 15) is 14.7 Å². The fourth-order valence-corrected chi connectivity index (χ4v) is 3.95. The first-order valence-corrected chi connectivity index (χ1v) is 9.01. The molecule has 2 N–H and O–H groups in total. The van der Waals surface area contributed by atoms with Crippen LogP contribution in [0.5, 0.6) is 0 Å². The molecule has 1 saturated heterocycles. The van der Waals surface area contributed by atoms with Crippen molar-refractivity contribution in [2.75, 3.05) is 5.88 Å². The number of Topliss-reactive ketones (excluding diaryl/α,β-unsaturated/α-hetero) is 1. The van der Waals surface area contributed by atoms with Gasteiger partial charge in [0.05, 0.1) is 11.1 Å². The smallest absolute Gasteiger partial charge is 0.233 e. The molecule has 4 nitrogen and oxygen atoms in total. The molecule has 2 rings (SSSR count). The van der Waals surface area contributed by atoms with Gasteiger partial charge in [0.15, 0.2) is 5.78 Å². The summed E-state index contributed by atoms with van der Waals surface area (Å²) in [5.41, 5.74) is -0.744. The van der Waals surface area contributed by atoms with Gasteiger partial charge in [-0.2, -0.15) is 0 Å². The van der Waals surface area contributed by atoms with Crippen LogP contribution in [0.2, 0.25) is 0 Å². The molecule has 1 heterocycles. The molecule has 0 radical (unpaired) electrons. The van der Waals surface area contributed by atoms with Crippen LogP contribution in [0, 0.1) is 10.8 Å². The molecule has 0 saturated carbocycles. The Hall–Kier alpha value is -1.07. The van der Waals surface area contributed by atoms with E-state index >= 15 is 0 Å². The maximum atomic E-state index is 12.9. The largest absolute Gasteiger partial charge is 0.382 e. The van der Waals surface area contributed by atoms with Gasteiger partial charge in [0, 0.05) is 17.6 Å². The Bertz CT molecular complexity index is 556. The van der Waals surface area contributed by atoms with Crippen LogP contribution in [0.15, 0.2) is 23.3 Å². The van der Waals surface area contributed by atoms with Crippen molar-refractivity contribution in [3.05, 3.63) is 23.3 Å². The lowest BCUT2D eigenvalue weighted by atomic mass is 9.69. The summed E-state index contributed by atoms with van der Waals surface area (Å²) in [6.45, 7) is 11.8. The fraction of sp³-hybridized carbons (Fsp3) is 0.667. The molecule has 1 aliphatic carbocycles. The van der Waals surface area contributed by atoms with Crippen molar-refractivity contribution in [3.63, 3.8) is 0 Å². The van der Waals surface area contributed by atoms with Gasteiger partial charge in [0.25, 0.3) is 0 Å². The third-order valence-corrected chi connectivity index (χ3v) is 5.32. The Morgan fingerprint density at radius 3 is 1.96 bits per heavy atom. The summed E-state index contributed by atoms with van der Waals surface area (Å²) in [4.78, 5) is 24.7. The van der Waals surface area contributed by atoms with E-state index < -0.39 is 5.60 Å². The summed E-state index contributed by atoms with van der Waals surface area (Å²) in [6.07, 6.45) is 3.61. The number of amides is 1. The Morgan fingerprint density at radius 2 is 1.61 bits per heavy atom. The molecule has 1 amide bonds. The van der Waals surface area contributed by atoms with E-state index in [0.29, 0.717) is 17.0 Å². The first-order chi connectivity index (χ1) is 10.3. The number of aliphatic hydroxyl groups is 1. The highest BCUT2D eigenvalue weighted by Crippen LogP contribution is 2.42. The highest BCUT2D eigenvalue weighted by molar-refractivity contribution is 8.01. The molecule has 5 heteroatoms. The van der Waals surface area contributed by atoms with Gasteiger partial charge in [0.1, 0.15) is 5.60 Å². The average molecular weight is 337 g/mol. The van der Waals surface area contributed by atoms with E-state index in [2.05, 4.69) is 5.32 Å². The molecule has 2 aliphatic rings. The summed E-state index contributed by atoms with van der Waals surface area (Å²) < 4.78 is 0. The number of rotatable bonds is 2. The van der Waals surface area contributed by atoms with Crippen LogP contribution in [0.25, 0.3) is 0 Å². The van der Waals surface area contributed by atoms with E-state index in [1.54, 1.807) is 12.2 Å². The molecular weight excluding hydrogens is 310 g/mol. The molecule has 1 unspecified atom stereocenters. The monoisotopic (exact) mass is 337 g/mol. The van der Waals surface area contributed by atoms with Crippen LogP contribution in [0.3, 0.4) is 0 Å². The minimum absolute atomic E-state index is 0.00167. The number of carbonyl (C=O) groups excluding carboxylic acids is 2. The van der Waals surface area contributed by atoms with Crippen molar-refractivity contribution >= 4 is 23.5 Å². The average Bonchev–Trinajstić information content (AvgIpc) is 2.75. The van der Waals surface area contributed by atoms with Gasteiger partial charge in [-0.15, -0.1) is 11.8 Å². The lowest BCUT2D eigenvalue weighted by Gasteiger charge is -2.37. The predicted octanol–water partition coefficient (Wildman–Crippen LogP) is 2.82. The van der Waals surface area contributed by atoms with Gasteiger partial charge >= 0.3 is 0 Å². The van der Waals surface area contributed by atoms with Crippen molar-refractivity contribution in [1.29, 1.82) is 0 Å². The first kappa shape index (κ1) is 18.3.